The van der Waals surface area contributed by atoms with E-state index >= 15 is 4.39 Å². The molecule has 0 aliphatic carbocycles. The molecular weight excluding hydrogens is 310 g/mol. The number of rotatable bonds is 3. The summed E-state index contributed by atoms with van der Waals surface area (Å²) < 4.78 is 31.0. The van der Waals surface area contributed by atoms with E-state index in [0.29, 0.717) is 12.4 Å². The quantitative estimate of drug-likeness (QED) is 0.876. The van der Waals surface area contributed by atoms with Crippen molar-refractivity contribution in [3.8, 4) is 0 Å². The Balaban J connectivity index is 1.62. The van der Waals surface area contributed by atoms with Crippen LogP contribution in [0.1, 0.15) is 24.4 Å². The van der Waals surface area contributed by atoms with Crippen LogP contribution in [0.3, 0.4) is 0 Å². The average Bonchev–Trinajstić information content (AvgIpc) is 3.27. The molecule has 0 radical (unpaired) electrons. The Kier molecular flexibility index (Phi) is 3.69. The van der Waals surface area contributed by atoms with E-state index < -0.39 is 5.92 Å². The highest BCUT2D eigenvalue weighted by Crippen LogP contribution is 2.39. The molecule has 1 aromatic carbocycles. The van der Waals surface area contributed by atoms with Crippen molar-refractivity contribution in [2.24, 2.45) is 0 Å². The molecule has 0 spiro atoms. The van der Waals surface area contributed by atoms with Gasteiger partial charge in [-0.3, -0.25) is 4.57 Å². The van der Waals surface area contributed by atoms with Gasteiger partial charge in [0.25, 0.3) is 5.92 Å². The summed E-state index contributed by atoms with van der Waals surface area (Å²) in [6.45, 7) is 0.603. The van der Waals surface area contributed by atoms with Crippen molar-refractivity contribution in [2.45, 2.75) is 24.8 Å². The van der Waals surface area contributed by atoms with Gasteiger partial charge in [-0.05, 0) is 42.7 Å². The molecule has 1 saturated heterocycles. The van der Waals surface area contributed by atoms with E-state index in [1.165, 1.54) is 18.2 Å². The summed E-state index contributed by atoms with van der Waals surface area (Å²) in [5.41, 5.74) is 0.804. The Bertz CT molecular complexity index is 784. The van der Waals surface area contributed by atoms with Gasteiger partial charge in [0.2, 0.25) is 0 Å². The summed E-state index contributed by atoms with van der Waals surface area (Å²) in [4.78, 5) is 5.75. The topological polar surface area (TPSA) is 33.1 Å². The molecule has 1 aromatic heterocycles. The molecule has 2 atom stereocenters. The molecule has 2 aromatic rings. The fraction of sp³-hybridized carbons (Fsp3) is 0.278. The van der Waals surface area contributed by atoms with E-state index in [2.05, 4.69) is 10.3 Å². The van der Waals surface area contributed by atoms with Gasteiger partial charge in [0, 0.05) is 25.0 Å². The van der Waals surface area contributed by atoms with Crippen molar-refractivity contribution in [3.63, 3.8) is 0 Å². The number of likely N-dealkylation sites (tertiary alicyclic amines) is 1. The number of alkyl halides is 1. The summed E-state index contributed by atoms with van der Waals surface area (Å²) in [6, 6.07) is 6.27. The van der Waals surface area contributed by atoms with Crippen molar-refractivity contribution < 1.29 is 8.78 Å². The molecule has 4 nitrogen and oxygen atoms in total. The van der Waals surface area contributed by atoms with E-state index in [4.69, 9.17) is 0 Å². The standard InChI is InChI=1S/C18H18F2N4/c19-15-5-1-4-14(12-15)16-6-3-10-24(16)18(20)8-2-7-17(22-18)23-11-9-21-13-23/h1-2,4-5,7-9,11-13,16,22H,3,6,10H2/t16?,18-/m1/s1. The van der Waals surface area contributed by atoms with Crippen LogP contribution in [0.4, 0.5) is 8.78 Å². The number of allylic oxidation sites excluding steroid dienone is 2. The smallest absolute Gasteiger partial charge is 0.259 e. The molecule has 3 heterocycles. The summed E-state index contributed by atoms with van der Waals surface area (Å²) >= 11 is 0. The van der Waals surface area contributed by atoms with E-state index in [1.807, 2.05) is 6.07 Å². The minimum atomic E-state index is -1.82. The summed E-state index contributed by atoms with van der Waals surface area (Å²) in [6.07, 6.45) is 11.7. The van der Waals surface area contributed by atoms with Gasteiger partial charge < -0.3 is 5.32 Å². The van der Waals surface area contributed by atoms with Gasteiger partial charge in [0.1, 0.15) is 18.0 Å². The third kappa shape index (κ3) is 2.63. The first kappa shape index (κ1) is 15.1. The van der Waals surface area contributed by atoms with Crippen LogP contribution in [0.2, 0.25) is 0 Å². The number of aromatic nitrogens is 2. The monoisotopic (exact) mass is 328 g/mol. The van der Waals surface area contributed by atoms with Crippen LogP contribution >= 0.6 is 0 Å². The van der Waals surface area contributed by atoms with Crippen LogP contribution in [-0.4, -0.2) is 26.9 Å². The number of nitrogens with one attached hydrogen (secondary N) is 1. The zero-order valence-electron chi connectivity index (χ0n) is 13.1. The summed E-state index contributed by atoms with van der Waals surface area (Å²) in [7, 11) is 0. The largest absolute Gasteiger partial charge is 0.323 e. The lowest BCUT2D eigenvalue weighted by Gasteiger charge is -2.39. The van der Waals surface area contributed by atoms with E-state index in [9.17, 15) is 4.39 Å². The minimum absolute atomic E-state index is 0.162. The lowest BCUT2D eigenvalue weighted by atomic mass is 10.0. The maximum absolute atomic E-state index is 15.7. The number of dihydropyridines is 1. The van der Waals surface area contributed by atoms with E-state index in [1.54, 1.807) is 46.4 Å². The number of hydrogen-bond acceptors (Lipinski definition) is 3. The predicted molar refractivity (Wildman–Crippen MR) is 87.7 cm³/mol. The van der Waals surface area contributed by atoms with Gasteiger partial charge >= 0.3 is 0 Å². The molecule has 0 saturated carbocycles. The lowest BCUT2D eigenvalue weighted by molar-refractivity contribution is -0.0200. The highest BCUT2D eigenvalue weighted by Gasteiger charge is 2.43. The van der Waals surface area contributed by atoms with Crippen LogP contribution in [0, 0.1) is 5.82 Å². The van der Waals surface area contributed by atoms with Crippen molar-refractivity contribution in [1.29, 1.82) is 0 Å². The first-order valence-electron chi connectivity index (χ1n) is 8.03. The Morgan fingerprint density at radius 1 is 1.33 bits per heavy atom. The molecule has 1 N–H and O–H groups in total. The molecule has 6 heteroatoms. The number of imidazole rings is 1. The first-order valence-corrected chi connectivity index (χ1v) is 8.03. The van der Waals surface area contributed by atoms with Crippen molar-refractivity contribution >= 4 is 5.82 Å². The van der Waals surface area contributed by atoms with Crippen LogP contribution in [0.25, 0.3) is 5.82 Å². The second kappa shape index (κ2) is 5.87. The third-order valence-corrected chi connectivity index (χ3v) is 4.56. The lowest BCUT2D eigenvalue weighted by Crippen LogP contribution is -2.54. The minimum Gasteiger partial charge on any atom is -0.323 e. The fourth-order valence-electron chi connectivity index (χ4n) is 3.47. The molecule has 4 rings (SSSR count). The maximum atomic E-state index is 15.7. The zero-order valence-corrected chi connectivity index (χ0v) is 13.1. The second-order valence-corrected chi connectivity index (χ2v) is 6.09. The normalized spacial score (nSPS) is 27.1. The average molecular weight is 328 g/mol. The van der Waals surface area contributed by atoms with Gasteiger partial charge in [0.15, 0.2) is 0 Å². The molecule has 24 heavy (non-hydrogen) atoms. The Morgan fingerprint density at radius 2 is 2.25 bits per heavy atom. The van der Waals surface area contributed by atoms with Crippen molar-refractivity contribution in [2.75, 3.05) is 6.54 Å². The molecule has 2 aliphatic rings. The second-order valence-electron chi connectivity index (χ2n) is 6.09. The van der Waals surface area contributed by atoms with Gasteiger partial charge in [-0.15, -0.1) is 0 Å². The zero-order chi connectivity index (χ0) is 16.6. The summed E-state index contributed by atoms with van der Waals surface area (Å²) in [5, 5.41) is 2.95. The predicted octanol–water partition coefficient (Wildman–Crippen LogP) is 3.44. The number of benzene rings is 1. The molecular formula is C18H18F2N4. The Hall–Kier alpha value is -2.47. The number of hydrogen-bond donors (Lipinski definition) is 1. The van der Waals surface area contributed by atoms with E-state index in [-0.39, 0.29) is 11.9 Å². The highest BCUT2D eigenvalue weighted by atomic mass is 19.2. The SMILES string of the molecule is Fc1cccc(C2CCCN2[C@@]2(F)C=CC=C(n3ccnc3)N2)c1. The van der Waals surface area contributed by atoms with Gasteiger partial charge in [-0.25, -0.2) is 14.3 Å². The Labute approximate surface area is 139 Å². The molecule has 0 amide bonds. The van der Waals surface area contributed by atoms with Crippen LogP contribution in [0.15, 0.2) is 61.2 Å². The molecule has 124 valence electrons. The molecule has 2 aliphatic heterocycles. The Morgan fingerprint density at radius 3 is 3.04 bits per heavy atom. The van der Waals surface area contributed by atoms with Crippen molar-refractivity contribution in [3.05, 3.63) is 72.6 Å². The van der Waals surface area contributed by atoms with Gasteiger partial charge in [-0.1, -0.05) is 18.2 Å². The van der Waals surface area contributed by atoms with Crippen LogP contribution in [-0.2, 0) is 0 Å². The first-order chi connectivity index (χ1) is 11.7. The third-order valence-electron chi connectivity index (χ3n) is 4.56. The number of halogens is 2. The number of nitrogens with zero attached hydrogens (tertiary/aromatic N) is 3. The molecule has 0 bridgehead atoms. The maximum Gasteiger partial charge on any atom is 0.259 e. The molecule has 1 unspecified atom stereocenters. The fourth-order valence-corrected chi connectivity index (χ4v) is 3.47. The van der Waals surface area contributed by atoms with Crippen LogP contribution in [0.5, 0.6) is 0 Å². The molecule has 1 fully saturated rings. The van der Waals surface area contributed by atoms with E-state index in [0.717, 1.165) is 18.4 Å². The highest BCUT2D eigenvalue weighted by molar-refractivity contribution is 5.50. The van der Waals surface area contributed by atoms with Gasteiger partial charge in [0.05, 0.1) is 0 Å². The van der Waals surface area contributed by atoms with Crippen molar-refractivity contribution in [1.82, 2.24) is 19.8 Å². The van der Waals surface area contributed by atoms with Crippen LogP contribution < -0.4 is 5.32 Å². The summed E-state index contributed by atoms with van der Waals surface area (Å²) in [5.74, 6) is -1.50. The van der Waals surface area contributed by atoms with Gasteiger partial charge in [-0.2, -0.15) is 4.39 Å².